The highest BCUT2D eigenvalue weighted by molar-refractivity contribution is 7.13. The number of rotatable bonds is 18. The van der Waals surface area contributed by atoms with Crippen molar-refractivity contribution in [3.05, 3.63) is 41.0 Å². The molecule has 3 heterocycles. The summed E-state index contributed by atoms with van der Waals surface area (Å²) in [4.78, 5) is 47.0. The van der Waals surface area contributed by atoms with Gasteiger partial charge in [0.2, 0.25) is 17.7 Å². The Kier molecular flexibility index (Phi) is 15.6. The molecule has 3 amide bonds. The van der Waals surface area contributed by atoms with Crippen molar-refractivity contribution >= 4 is 29.1 Å². The highest BCUT2D eigenvalue weighted by Crippen LogP contribution is 2.29. The fourth-order valence-corrected chi connectivity index (χ4v) is 6.87. The van der Waals surface area contributed by atoms with Gasteiger partial charge in [-0.2, -0.15) is 0 Å². The molecule has 4 atom stereocenters. The first-order valence-corrected chi connectivity index (χ1v) is 18.5. The van der Waals surface area contributed by atoms with E-state index in [0.29, 0.717) is 39.1 Å². The number of aliphatic hydroxyl groups excluding tert-OH is 1. The molecule has 0 bridgehead atoms. The zero-order valence-corrected chi connectivity index (χ0v) is 30.9. The lowest BCUT2D eigenvalue weighted by atomic mass is 9.85. The lowest BCUT2D eigenvalue weighted by Crippen LogP contribution is -2.58. The Morgan fingerprint density at radius 3 is 2.26 bits per heavy atom. The molecule has 1 aromatic heterocycles. The number of carbonyl (C=O) groups is 3. The number of thiazole rings is 1. The summed E-state index contributed by atoms with van der Waals surface area (Å²) in [5.74, 6) is -1.24. The first-order chi connectivity index (χ1) is 23.9. The number of aromatic nitrogens is 1. The number of aryl methyl sites for hydroxylation is 1. The second-order valence-corrected chi connectivity index (χ2v) is 14.8. The zero-order chi connectivity index (χ0) is 36.1. The van der Waals surface area contributed by atoms with Crippen LogP contribution in [0.2, 0.25) is 0 Å². The fraction of sp³-hybridized carbons (Fsp3) is 0.667. The van der Waals surface area contributed by atoms with Crippen LogP contribution >= 0.6 is 11.3 Å². The Morgan fingerprint density at radius 2 is 1.64 bits per heavy atom. The summed E-state index contributed by atoms with van der Waals surface area (Å²) in [5.41, 5.74) is 4.08. The van der Waals surface area contributed by atoms with Gasteiger partial charge in [0.05, 0.1) is 74.0 Å². The van der Waals surface area contributed by atoms with E-state index in [-0.39, 0.29) is 38.1 Å². The van der Waals surface area contributed by atoms with Crippen LogP contribution in [0.1, 0.15) is 64.3 Å². The number of hydrogen-bond donors (Lipinski definition) is 4. The highest BCUT2D eigenvalue weighted by Gasteiger charge is 2.44. The highest BCUT2D eigenvalue weighted by atomic mass is 32.1. The number of nitrogens with zero attached hydrogens (tertiary/aromatic N) is 2. The maximum atomic E-state index is 13.9. The monoisotopic (exact) mass is 717 g/mol. The lowest BCUT2D eigenvalue weighted by Gasteiger charge is -2.35. The number of β-amino-alcohol motifs (C(OH)–C–C–N with tert-alkyl or cyclic N) is 1. The minimum absolute atomic E-state index is 0.000537. The van der Waals surface area contributed by atoms with E-state index in [4.69, 9.17) is 18.9 Å². The molecule has 4 N–H and O–H groups in total. The second kappa shape index (κ2) is 19.6. The Balaban J connectivity index is 1.18. The molecule has 2 aliphatic rings. The van der Waals surface area contributed by atoms with Crippen LogP contribution in [-0.4, -0.2) is 123 Å². The summed E-state index contributed by atoms with van der Waals surface area (Å²) < 4.78 is 22.4. The number of amides is 3. The predicted octanol–water partition coefficient (Wildman–Crippen LogP) is 2.61. The Morgan fingerprint density at radius 1 is 1.00 bits per heavy atom. The van der Waals surface area contributed by atoms with Crippen molar-refractivity contribution in [3.8, 4) is 10.4 Å². The van der Waals surface area contributed by atoms with Crippen molar-refractivity contribution in [1.29, 1.82) is 0 Å². The average molecular weight is 718 g/mol. The van der Waals surface area contributed by atoms with Crippen LogP contribution in [0, 0.1) is 12.3 Å². The van der Waals surface area contributed by atoms with Crippen LogP contribution in [-0.2, 0) is 33.3 Å². The van der Waals surface area contributed by atoms with Crippen molar-refractivity contribution in [2.75, 3.05) is 65.9 Å². The molecule has 14 heteroatoms. The molecule has 0 saturated carbocycles. The smallest absolute Gasteiger partial charge is 0.246 e. The third-order valence-corrected chi connectivity index (χ3v) is 9.88. The molecule has 2 saturated heterocycles. The van der Waals surface area contributed by atoms with Crippen LogP contribution in [0.3, 0.4) is 0 Å². The van der Waals surface area contributed by atoms with E-state index in [9.17, 15) is 19.5 Å². The van der Waals surface area contributed by atoms with E-state index in [2.05, 4.69) is 20.9 Å². The number of hydrogen-bond acceptors (Lipinski definition) is 11. The number of likely N-dealkylation sites (tertiary alicyclic amines) is 1. The number of piperidine rings is 1. The maximum absolute atomic E-state index is 13.9. The van der Waals surface area contributed by atoms with Crippen molar-refractivity contribution in [2.24, 2.45) is 5.41 Å². The van der Waals surface area contributed by atoms with Gasteiger partial charge in [0.25, 0.3) is 0 Å². The fourth-order valence-electron chi connectivity index (χ4n) is 6.06. The van der Waals surface area contributed by atoms with E-state index in [1.54, 1.807) is 11.3 Å². The summed E-state index contributed by atoms with van der Waals surface area (Å²) >= 11 is 1.58. The van der Waals surface area contributed by atoms with E-state index < -0.39 is 35.4 Å². The van der Waals surface area contributed by atoms with Crippen LogP contribution in [0.5, 0.6) is 0 Å². The SMILES string of the molecule is Cc1ncsc1-c1ccc([C@H](C)NC(=O)C2CC(O)CN2C(=O)[C@@H](NC(=O)COCCOCCOCCOC2CCNCC2)C(C)(C)C)cc1. The summed E-state index contributed by atoms with van der Waals surface area (Å²) in [6, 6.07) is 5.80. The van der Waals surface area contributed by atoms with E-state index in [0.717, 1.165) is 47.6 Å². The minimum Gasteiger partial charge on any atom is -0.391 e. The average Bonchev–Trinajstić information content (AvgIpc) is 3.71. The Hall–Kier alpha value is -2.98. The molecule has 0 spiro atoms. The van der Waals surface area contributed by atoms with Gasteiger partial charge in [0.15, 0.2) is 0 Å². The molecule has 0 aliphatic carbocycles. The van der Waals surface area contributed by atoms with Crippen LogP contribution < -0.4 is 16.0 Å². The minimum atomic E-state index is -0.938. The van der Waals surface area contributed by atoms with Gasteiger partial charge in [0.1, 0.15) is 18.7 Å². The quantitative estimate of drug-likeness (QED) is 0.169. The topological polar surface area (TPSA) is 161 Å². The molecular weight excluding hydrogens is 662 g/mol. The molecule has 50 heavy (non-hydrogen) atoms. The third kappa shape index (κ3) is 12.1. The van der Waals surface area contributed by atoms with Crippen molar-refractivity contribution < 1.29 is 38.4 Å². The summed E-state index contributed by atoms with van der Waals surface area (Å²) in [6.07, 6.45) is 1.62. The van der Waals surface area contributed by atoms with E-state index >= 15 is 0 Å². The predicted molar refractivity (Wildman–Crippen MR) is 191 cm³/mol. The molecule has 0 radical (unpaired) electrons. The largest absolute Gasteiger partial charge is 0.391 e. The van der Waals surface area contributed by atoms with Gasteiger partial charge in [-0.05, 0) is 56.3 Å². The number of ether oxygens (including phenoxy) is 4. The van der Waals surface area contributed by atoms with Crippen LogP contribution in [0.25, 0.3) is 10.4 Å². The molecule has 2 aliphatic heterocycles. The lowest BCUT2D eigenvalue weighted by molar-refractivity contribution is -0.144. The summed E-state index contributed by atoms with van der Waals surface area (Å²) in [6.45, 7) is 13.5. The van der Waals surface area contributed by atoms with Gasteiger partial charge in [-0.3, -0.25) is 14.4 Å². The van der Waals surface area contributed by atoms with Crippen LogP contribution in [0.15, 0.2) is 29.8 Å². The standard InChI is InChI=1S/C36H55N5O8S/c1-24(26-6-8-27(9-7-26)32-25(2)38-23-50-32)39-34(44)30-20-28(42)21-41(30)35(45)33(36(3,4)5)40-31(43)22-48-17-16-46-14-15-47-18-19-49-29-10-12-37-13-11-29/h6-9,23-24,28-30,33,37,42H,10-22H2,1-5H3,(H,39,44)(H,40,43)/t24-,28?,30?,33+/m0/s1. The van der Waals surface area contributed by atoms with Gasteiger partial charge in [-0.15, -0.1) is 11.3 Å². The zero-order valence-electron chi connectivity index (χ0n) is 30.1. The van der Waals surface area contributed by atoms with Crippen LogP contribution in [0.4, 0.5) is 0 Å². The maximum Gasteiger partial charge on any atom is 0.246 e. The third-order valence-electron chi connectivity index (χ3n) is 8.90. The van der Waals surface area contributed by atoms with Crippen molar-refractivity contribution in [1.82, 2.24) is 25.8 Å². The van der Waals surface area contributed by atoms with Crippen molar-refractivity contribution in [2.45, 2.75) is 84.2 Å². The molecular formula is C36H55N5O8S. The molecule has 2 fully saturated rings. The molecule has 278 valence electrons. The number of nitrogens with one attached hydrogen (secondary N) is 3. The number of carbonyl (C=O) groups excluding carboxylic acids is 3. The van der Waals surface area contributed by atoms with Gasteiger partial charge >= 0.3 is 0 Å². The van der Waals surface area contributed by atoms with Gasteiger partial charge < -0.3 is 44.9 Å². The van der Waals surface area contributed by atoms with E-state index in [1.807, 2.05) is 64.4 Å². The normalized spacial score (nSPS) is 19.7. The van der Waals surface area contributed by atoms with E-state index in [1.165, 1.54) is 4.90 Å². The Bertz CT molecular complexity index is 1360. The van der Waals surface area contributed by atoms with Gasteiger partial charge in [-0.1, -0.05) is 45.0 Å². The second-order valence-electron chi connectivity index (χ2n) is 14.0. The Labute approximate surface area is 299 Å². The van der Waals surface area contributed by atoms with Crippen molar-refractivity contribution in [3.63, 3.8) is 0 Å². The molecule has 1 aromatic carbocycles. The number of aliphatic hydroxyl groups is 1. The number of benzene rings is 1. The molecule has 13 nitrogen and oxygen atoms in total. The summed E-state index contributed by atoms with van der Waals surface area (Å²) in [7, 11) is 0. The van der Waals surface area contributed by atoms with Gasteiger partial charge in [-0.25, -0.2) is 4.98 Å². The first-order valence-electron chi connectivity index (χ1n) is 17.6. The molecule has 2 unspecified atom stereocenters. The summed E-state index contributed by atoms with van der Waals surface area (Å²) in [5, 5.41) is 19.7. The molecule has 4 rings (SSSR count). The first kappa shape index (κ1) is 39.8. The van der Waals surface area contributed by atoms with Gasteiger partial charge in [0, 0.05) is 13.0 Å². The molecule has 2 aromatic rings.